The first-order chi connectivity index (χ1) is 13.7. The number of hydrogen-bond acceptors (Lipinski definition) is 5. The number of aromatic nitrogens is 3. The Labute approximate surface area is 163 Å². The summed E-state index contributed by atoms with van der Waals surface area (Å²) in [6, 6.07) is 7.77. The molecule has 0 atom stereocenters. The predicted octanol–water partition coefficient (Wildman–Crippen LogP) is 2.66. The normalized spacial score (nSPS) is 14.4. The Morgan fingerprint density at radius 2 is 2.07 bits per heavy atom. The summed E-state index contributed by atoms with van der Waals surface area (Å²) in [5, 5.41) is 1.01. The van der Waals surface area contributed by atoms with Gasteiger partial charge in [-0.05, 0) is 43.7 Å². The van der Waals surface area contributed by atoms with Crippen molar-refractivity contribution in [3.8, 4) is 17.3 Å². The lowest BCUT2D eigenvalue weighted by Gasteiger charge is -2.26. The van der Waals surface area contributed by atoms with Crippen molar-refractivity contribution in [2.45, 2.75) is 20.4 Å². The minimum Gasteiger partial charge on any atom is -0.484 e. The minimum absolute atomic E-state index is 0.0139. The van der Waals surface area contributed by atoms with E-state index in [4.69, 9.17) is 14.5 Å². The zero-order valence-corrected chi connectivity index (χ0v) is 16.2. The van der Waals surface area contributed by atoms with Crippen molar-refractivity contribution in [3.63, 3.8) is 0 Å². The molecule has 146 valence electrons. The molecule has 0 aliphatic carbocycles. The third kappa shape index (κ3) is 3.71. The van der Waals surface area contributed by atoms with Gasteiger partial charge in [0.05, 0.1) is 18.7 Å². The zero-order valence-electron chi connectivity index (χ0n) is 16.2. The Hall–Kier alpha value is -2.93. The van der Waals surface area contributed by atoms with Crippen molar-refractivity contribution >= 4 is 16.8 Å². The van der Waals surface area contributed by atoms with E-state index in [2.05, 4.69) is 23.4 Å². The summed E-state index contributed by atoms with van der Waals surface area (Å²) in [6.45, 7) is 7.44. The molecule has 0 saturated carbocycles. The zero-order chi connectivity index (χ0) is 19.5. The number of amides is 1. The maximum Gasteiger partial charge on any atom is 0.260 e. The van der Waals surface area contributed by atoms with E-state index in [9.17, 15) is 4.79 Å². The standard InChI is InChI=1S/C21H24N4O3/c1-3-24-7-6-22-21(24)19-12-15(2)17-13-16(4-5-18(17)23-19)28-14-20(26)25-8-10-27-11-9-25/h4-7,12-13H,3,8-11,14H2,1-2H3. The number of benzene rings is 1. The summed E-state index contributed by atoms with van der Waals surface area (Å²) >= 11 is 0. The van der Waals surface area contributed by atoms with Crippen LogP contribution in [0, 0.1) is 6.92 Å². The van der Waals surface area contributed by atoms with Crippen molar-refractivity contribution in [1.29, 1.82) is 0 Å². The van der Waals surface area contributed by atoms with Crippen molar-refractivity contribution in [2.24, 2.45) is 0 Å². The molecular formula is C21H24N4O3. The van der Waals surface area contributed by atoms with E-state index in [0.717, 1.165) is 34.5 Å². The molecule has 4 rings (SSSR count). The van der Waals surface area contributed by atoms with Gasteiger partial charge in [-0.25, -0.2) is 9.97 Å². The van der Waals surface area contributed by atoms with Gasteiger partial charge in [0.2, 0.25) is 0 Å². The number of carbonyl (C=O) groups excluding carboxylic acids is 1. The maximum absolute atomic E-state index is 12.3. The average Bonchev–Trinajstić information content (AvgIpc) is 3.21. The van der Waals surface area contributed by atoms with Crippen LogP contribution in [-0.2, 0) is 16.1 Å². The number of fused-ring (bicyclic) bond motifs is 1. The van der Waals surface area contributed by atoms with Crippen LogP contribution in [0.4, 0.5) is 0 Å². The summed E-state index contributed by atoms with van der Waals surface area (Å²) in [5.74, 6) is 1.52. The summed E-state index contributed by atoms with van der Waals surface area (Å²) in [5.41, 5.74) is 2.83. The maximum atomic E-state index is 12.3. The summed E-state index contributed by atoms with van der Waals surface area (Å²) in [4.78, 5) is 23.2. The monoisotopic (exact) mass is 380 g/mol. The lowest BCUT2D eigenvalue weighted by Crippen LogP contribution is -2.42. The van der Waals surface area contributed by atoms with E-state index in [1.807, 2.05) is 30.5 Å². The highest BCUT2D eigenvalue weighted by molar-refractivity contribution is 5.86. The summed E-state index contributed by atoms with van der Waals surface area (Å²) in [6.07, 6.45) is 3.75. The van der Waals surface area contributed by atoms with Crippen LogP contribution in [0.1, 0.15) is 12.5 Å². The molecular weight excluding hydrogens is 356 g/mol. The molecule has 1 fully saturated rings. The lowest BCUT2D eigenvalue weighted by molar-refractivity contribution is -0.137. The van der Waals surface area contributed by atoms with Gasteiger partial charge < -0.3 is 18.9 Å². The quantitative estimate of drug-likeness (QED) is 0.681. The number of imidazole rings is 1. The highest BCUT2D eigenvalue weighted by Gasteiger charge is 2.17. The van der Waals surface area contributed by atoms with Gasteiger partial charge in [0.25, 0.3) is 5.91 Å². The first kappa shape index (κ1) is 18.4. The summed E-state index contributed by atoms with van der Waals surface area (Å²) in [7, 11) is 0. The largest absolute Gasteiger partial charge is 0.484 e. The summed E-state index contributed by atoms with van der Waals surface area (Å²) < 4.78 is 13.1. The van der Waals surface area contributed by atoms with Crippen LogP contribution in [0.3, 0.4) is 0 Å². The fraction of sp³-hybridized carbons (Fsp3) is 0.381. The number of aryl methyl sites for hydroxylation is 2. The van der Waals surface area contributed by atoms with Crippen LogP contribution in [0.25, 0.3) is 22.4 Å². The van der Waals surface area contributed by atoms with Crippen molar-refractivity contribution < 1.29 is 14.3 Å². The smallest absolute Gasteiger partial charge is 0.260 e. The van der Waals surface area contributed by atoms with Gasteiger partial charge in [-0.3, -0.25) is 4.79 Å². The Bertz CT molecular complexity index is 992. The molecule has 7 nitrogen and oxygen atoms in total. The van der Waals surface area contributed by atoms with Gasteiger partial charge in [0, 0.05) is 37.4 Å². The molecule has 3 heterocycles. The number of hydrogen-bond donors (Lipinski definition) is 0. The van der Waals surface area contributed by atoms with Crippen LogP contribution in [0.2, 0.25) is 0 Å². The second-order valence-electron chi connectivity index (χ2n) is 6.82. The van der Waals surface area contributed by atoms with Gasteiger partial charge in [-0.2, -0.15) is 0 Å². The second-order valence-corrected chi connectivity index (χ2v) is 6.82. The van der Waals surface area contributed by atoms with E-state index in [-0.39, 0.29) is 12.5 Å². The Kier molecular flexibility index (Phi) is 5.25. The van der Waals surface area contributed by atoms with E-state index in [1.165, 1.54) is 0 Å². The third-order valence-corrected chi connectivity index (χ3v) is 5.00. The molecule has 1 aliphatic heterocycles. The minimum atomic E-state index is -0.0139. The molecule has 2 aromatic heterocycles. The van der Waals surface area contributed by atoms with Gasteiger partial charge in [0.1, 0.15) is 11.4 Å². The molecule has 7 heteroatoms. The van der Waals surface area contributed by atoms with Gasteiger partial charge in [-0.15, -0.1) is 0 Å². The first-order valence-corrected chi connectivity index (χ1v) is 9.57. The van der Waals surface area contributed by atoms with Crippen LogP contribution in [0.15, 0.2) is 36.7 Å². The number of pyridine rings is 1. The molecule has 0 N–H and O–H groups in total. The Morgan fingerprint density at radius 3 is 2.86 bits per heavy atom. The molecule has 0 radical (unpaired) electrons. The highest BCUT2D eigenvalue weighted by Crippen LogP contribution is 2.27. The fourth-order valence-corrected chi connectivity index (χ4v) is 3.42. The van der Waals surface area contributed by atoms with Crippen molar-refractivity contribution in [1.82, 2.24) is 19.4 Å². The molecule has 1 aromatic carbocycles. The van der Waals surface area contributed by atoms with Crippen LogP contribution in [0.5, 0.6) is 5.75 Å². The van der Waals surface area contributed by atoms with Crippen LogP contribution >= 0.6 is 0 Å². The van der Waals surface area contributed by atoms with Crippen LogP contribution < -0.4 is 4.74 Å². The van der Waals surface area contributed by atoms with E-state index >= 15 is 0 Å². The topological polar surface area (TPSA) is 69.5 Å². The van der Waals surface area contributed by atoms with Gasteiger partial charge >= 0.3 is 0 Å². The Morgan fingerprint density at radius 1 is 1.25 bits per heavy atom. The van der Waals surface area contributed by atoms with E-state index in [1.54, 1.807) is 11.1 Å². The number of morpholine rings is 1. The van der Waals surface area contributed by atoms with Crippen molar-refractivity contribution in [2.75, 3.05) is 32.9 Å². The number of carbonyl (C=O) groups is 1. The molecule has 1 saturated heterocycles. The molecule has 0 unspecified atom stereocenters. The van der Waals surface area contributed by atoms with Crippen LogP contribution in [-0.4, -0.2) is 58.3 Å². The molecule has 0 spiro atoms. The fourth-order valence-electron chi connectivity index (χ4n) is 3.42. The molecule has 3 aromatic rings. The number of ether oxygens (including phenoxy) is 2. The number of nitrogens with zero attached hydrogens (tertiary/aromatic N) is 4. The predicted molar refractivity (Wildman–Crippen MR) is 106 cm³/mol. The second kappa shape index (κ2) is 7.98. The van der Waals surface area contributed by atoms with E-state index in [0.29, 0.717) is 32.1 Å². The molecule has 1 amide bonds. The first-order valence-electron chi connectivity index (χ1n) is 9.57. The molecule has 28 heavy (non-hydrogen) atoms. The van der Waals surface area contributed by atoms with E-state index < -0.39 is 0 Å². The van der Waals surface area contributed by atoms with Crippen molar-refractivity contribution in [3.05, 3.63) is 42.2 Å². The molecule has 0 bridgehead atoms. The number of rotatable bonds is 5. The SMILES string of the molecule is CCn1ccnc1-c1cc(C)c2cc(OCC(=O)N3CCOCC3)ccc2n1. The molecule has 1 aliphatic rings. The van der Waals surface area contributed by atoms with Gasteiger partial charge in [-0.1, -0.05) is 0 Å². The lowest BCUT2D eigenvalue weighted by atomic mass is 10.1. The average molecular weight is 380 g/mol. The van der Waals surface area contributed by atoms with Gasteiger partial charge in [0.15, 0.2) is 12.4 Å². The third-order valence-electron chi connectivity index (χ3n) is 5.00. The Balaban J connectivity index is 1.53. The highest BCUT2D eigenvalue weighted by atomic mass is 16.5.